The second kappa shape index (κ2) is 30.0. The van der Waals surface area contributed by atoms with Crippen molar-refractivity contribution in [1.82, 2.24) is 0 Å². The van der Waals surface area contributed by atoms with Crippen LogP contribution in [-0.4, -0.2) is 65.5 Å². The summed E-state index contributed by atoms with van der Waals surface area (Å²) in [6.07, 6.45) is 0. The van der Waals surface area contributed by atoms with Crippen LogP contribution in [-0.2, 0) is 38.7 Å². The van der Waals surface area contributed by atoms with E-state index in [4.69, 9.17) is 26.0 Å². The Labute approximate surface area is 360 Å². The molecule has 0 aliphatic rings. The van der Waals surface area contributed by atoms with Crippen molar-refractivity contribution < 1.29 is 42.2 Å². The third-order valence-electron chi connectivity index (χ3n) is 6.08. The number of rotatable bonds is 2. The third kappa shape index (κ3) is 72.0. The highest BCUT2D eigenvalue weighted by atomic mass is 79.9. The molecule has 0 aliphatic heterocycles. The summed E-state index contributed by atoms with van der Waals surface area (Å²) in [6, 6.07) is 2.10. The van der Waals surface area contributed by atoms with Crippen LogP contribution in [0.5, 0.6) is 0 Å². The summed E-state index contributed by atoms with van der Waals surface area (Å²) in [5, 5.41) is 22.0. The first kappa shape index (κ1) is 72.5. The zero-order chi connectivity index (χ0) is 49.2. The van der Waals surface area contributed by atoms with Gasteiger partial charge in [0.2, 0.25) is 15.9 Å². The number of aliphatic hydroxyl groups is 1. The highest BCUT2D eigenvalue weighted by molar-refractivity contribution is 9.10. The van der Waals surface area contributed by atoms with Crippen molar-refractivity contribution in [3.63, 3.8) is 0 Å². The summed E-state index contributed by atoms with van der Waals surface area (Å²) < 4.78 is 29.6. The number of hydrogen-bond acceptors (Lipinski definition) is 10. The number of sulfonamides is 1. The van der Waals surface area contributed by atoms with Crippen molar-refractivity contribution in [2.24, 2.45) is 43.9 Å². The number of alkyl halides is 1. The van der Waals surface area contributed by atoms with Crippen LogP contribution in [0.25, 0.3) is 0 Å². The number of methoxy groups -OCH3 is 1. The molecule has 1 amide bonds. The van der Waals surface area contributed by atoms with Gasteiger partial charge in [0.05, 0.1) is 41.0 Å². The van der Waals surface area contributed by atoms with E-state index in [9.17, 15) is 27.6 Å². The summed E-state index contributed by atoms with van der Waals surface area (Å²) in [7, 11) is -1.94. The SMILES string of the molecule is CC(=O)C(C)(C)C.CC(C)(C)Br.CC(C)(C)C#N.CC(C)(C)C(N)=O.CC(C)(C)S(N)(=O)=O.CC(C)C(C)(C)O.CCOC(=O)C(C)(C)C.COC(=O)C(C)(C)C. The predicted molar refractivity (Wildman–Crippen MR) is 244 cm³/mol. The summed E-state index contributed by atoms with van der Waals surface area (Å²) >= 11 is 3.38. The summed E-state index contributed by atoms with van der Waals surface area (Å²) in [5.41, 5.74) is 3.07. The standard InChI is InChI=1S/C7H14O2.C6H12O2.C6H12O.C6H14O.C5H11NO.C5H9N.C4H9Br.C4H11NO2S/c1-5-9-6(8)7(2,3)4;1-6(2,3)5(7)8-4;1-5(7)6(2,3)4;1-5(2)6(3,4)7;1-5(2,3)4(6)7;1-5(2,3)4-6;1-4(2,3)5;1-4(2,3)8(5,6)7/h5H2,1-4H3;1-4H3;1-4H3;5,7H,1-4H3;1-3H3,(H2,6,7);1-3H3;1-3H3;1-3H3,(H2,5,6,7). The number of amides is 1. The Morgan fingerprint density at radius 3 is 0.895 bits per heavy atom. The molecule has 0 aromatic heterocycles. The molecule has 0 heterocycles. The number of primary sulfonamides is 1. The zero-order valence-electron chi connectivity index (χ0n) is 41.9. The van der Waals surface area contributed by atoms with E-state index >= 15 is 0 Å². The number of halogens is 1. The Kier molecular flexibility index (Phi) is 38.2. The number of carbonyl (C=O) groups excluding carboxylic acids is 4. The maximum Gasteiger partial charge on any atom is 0.311 e. The molecular formula is C43H92BrN3O9S. The molecule has 0 saturated carbocycles. The maximum absolute atomic E-state index is 10.8. The molecule has 12 nitrogen and oxygen atoms in total. The number of nitrogens with zero attached hydrogens (tertiary/aromatic N) is 1. The molecule has 0 aromatic carbocycles. The van der Waals surface area contributed by atoms with Gasteiger partial charge in [-0.05, 0) is 117 Å². The first-order valence-electron chi connectivity index (χ1n) is 19.0. The highest BCUT2D eigenvalue weighted by Gasteiger charge is 2.24. The van der Waals surface area contributed by atoms with E-state index in [0.29, 0.717) is 16.8 Å². The van der Waals surface area contributed by atoms with Crippen LogP contribution < -0.4 is 10.9 Å². The Morgan fingerprint density at radius 1 is 0.684 bits per heavy atom. The molecule has 0 atom stereocenters. The van der Waals surface area contributed by atoms with Gasteiger partial charge in [0.15, 0.2) is 0 Å². The van der Waals surface area contributed by atoms with Crippen molar-refractivity contribution >= 4 is 49.6 Å². The fraction of sp³-hybridized carbons (Fsp3) is 0.884. The molecule has 0 unspecified atom stereocenters. The van der Waals surface area contributed by atoms with Gasteiger partial charge in [-0.15, -0.1) is 0 Å². The molecule has 14 heteroatoms. The number of nitriles is 1. The van der Waals surface area contributed by atoms with Gasteiger partial charge in [-0.1, -0.05) is 92.1 Å². The lowest BCUT2D eigenvalue weighted by molar-refractivity contribution is -0.152. The average molecular weight is 907 g/mol. The van der Waals surface area contributed by atoms with E-state index in [1.165, 1.54) is 7.11 Å². The van der Waals surface area contributed by atoms with Crippen LogP contribution in [0.1, 0.15) is 187 Å². The molecular weight excluding hydrogens is 814 g/mol. The van der Waals surface area contributed by atoms with E-state index in [1.807, 2.05) is 118 Å². The van der Waals surface area contributed by atoms with Crippen LogP contribution in [0, 0.1) is 44.3 Å². The number of carbonyl (C=O) groups is 4. The van der Waals surface area contributed by atoms with Crippen molar-refractivity contribution in [1.29, 1.82) is 5.26 Å². The second-order valence-electron chi connectivity index (χ2n) is 21.0. The molecule has 0 rings (SSSR count). The Morgan fingerprint density at radius 2 is 0.877 bits per heavy atom. The van der Waals surface area contributed by atoms with E-state index in [2.05, 4.69) is 47.5 Å². The van der Waals surface area contributed by atoms with Crippen LogP contribution in [0.15, 0.2) is 0 Å². The number of hydrogen-bond donors (Lipinski definition) is 3. The Hall–Kier alpha value is -2.08. The molecule has 0 aliphatic carbocycles. The third-order valence-corrected chi connectivity index (χ3v) is 7.79. The number of ketones is 1. The first-order chi connectivity index (χ1) is 24.1. The number of ether oxygens (including phenoxy) is 2. The molecule has 57 heavy (non-hydrogen) atoms. The molecule has 0 radical (unpaired) electrons. The quantitative estimate of drug-likeness (QED) is 0.176. The molecule has 0 bridgehead atoms. The van der Waals surface area contributed by atoms with Crippen molar-refractivity contribution in [2.75, 3.05) is 13.7 Å². The summed E-state index contributed by atoms with van der Waals surface area (Å²) in [6.45, 7) is 50.2. The predicted octanol–water partition coefficient (Wildman–Crippen LogP) is 10.2. The highest BCUT2D eigenvalue weighted by Crippen LogP contribution is 2.16. The van der Waals surface area contributed by atoms with Crippen LogP contribution in [0.4, 0.5) is 0 Å². The monoisotopic (exact) mass is 906 g/mol. The second-order valence-corrected chi connectivity index (χ2v) is 25.7. The fourth-order valence-electron chi connectivity index (χ4n) is 0.654. The van der Waals surface area contributed by atoms with Gasteiger partial charge < -0.3 is 20.3 Å². The molecule has 0 fully saturated rings. The zero-order valence-corrected chi connectivity index (χ0v) is 44.3. The Bertz CT molecular complexity index is 1220. The number of Topliss-reactive ketones (excluding diaryl/α,β-unsaturated/α-hetero) is 1. The smallest absolute Gasteiger partial charge is 0.311 e. The minimum atomic E-state index is -3.34. The molecule has 0 aromatic rings. The lowest BCUT2D eigenvalue weighted by Gasteiger charge is -2.21. The van der Waals surface area contributed by atoms with Gasteiger partial charge in [-0.25, -0.2) is 13.6 Å². The van der Waals surface area contributed by atoms with Gasteiger partial charge in [-0.2, -0.15) is 5.26 Å². The van der Waals surface area contributed by atoms with Gasteiger partial charge in [0.25, 0.3) is 0 Å². The summed E-state index contributed by atoms with van der Waals surface area (Å²) in [5.74, 6) is 0.0370. The minimum absolute atomic E-state index is 0.134. The van der Waals surface area contributed by atoms with Crippen molar-refractivity contribution in [2.45, 2.75) is 202 Å². The van der Waals surface area contributed by atoms with Gasteiger partial charge in [0.1, 0.15) is 5.78 Å². The van der Waals surface area contributed by atoms with Gasteiger partial charge in [-0.3, -0.25) is 19.2 Å². The maximum atomic E-state index is 10.8. The number of primary amides is 1. The number of nitrogens with two attached hydrogens (primary N) is 2. The topological polar surface area (TPSA) is 217 Å². The van der Waals surface area contributed by atoms with E-state index in [-0.39, 0.29) is 50.7 Å². The van der Waals surface area contributed by atoms with Crippen molar-refractivity contribution in [3.8, 4) is 6.07 Å². The van der Waals surface area contributed by atoms with Crippen LogP contribution in [0.3, 0.4) is 0 Å². The van der Waals surface area contributed by atoms with Gasteiger partial charge >= 0.3 is 11.9 Å². The van der Waals surface area contributed by atoms with Gasteiger partial charge in [0, 0.05) is 20.6 Å². The summed E-state index contributed by atoms with van der Waals surface area (Å²) in [4.78, 5) is 42.2. The molecule has 5 N–H and O–H groups in total. The normalized spacial score (nSPS) is 11.8. The van der Waals surface area contributed by atoms with Crippen molar-refractivity contribution in [3.05, 3.63) is 0 Å². The largest absolute Gasteiger partial charge is 0.469 e. The van der Waals surface area contributed by atoms with E-state index in [1.54, 1.807) is 48.5 Å². The average Bonchev–Trinajstić information content (AvgIpc) is 2.89. The minimum Gasteiger partial charge on any atom is -0.469 e. The molecule has 346 valence electrons. The lowest BCUT2D eigenvalue weighted by Crippen LogP contribution is -2.34. The molecule has 0 spiro atoms. The molecule has 0 saturated heterocycles. The van der Waals surface area contributed by atoms with E-state index < -0.39 is 20.4 Å². The lowest BCUT2D eigenvalue weighted by atomic mass is 9.92. The van der Waals surface area contributed by atoms with Crippen LogP contribution in [0.2, 0.25) is 0 Å². The first-order valence-corrected chi connectivity index (χ1v) is 21.4. The Balaban J connectivity index is -0.0000000806. The number of esters is 2. The van der Waals surface area contributed by atoms with E-state index in [0.717, 1.165) is 0 Å². The fourth-order valence-corrected chi connectivity index (χ4v) is 0.654. The van der Waals surface area contributed by atoms with Crippen LogP contribution >= 0.6 is 15.9 Å².